The molecule has 2 fully saturated rings. The van der Waals surface area contributed by atoms with E-state index in [0.717, 1.165) is 42.2 Å². The highest BCUT2D eigenvalue weighted by Gasteiger charge is 2.62. The predicted octanol–water partition coefficient (Wildman–Crippen LogP) is 1.74. The number of hydrogen-bond acceptors (Lipinski definition) is 4. The highest BCUT2D eigenvalue weighted by atomic mass is 32.2. The monoisotopic (exact) mass is 247 g/mol. The summed E-state index contributed by atoms with van der Waals surface area (Å²) in [6.07, 6.45) is 8.04. The van der Waals surface area contributed by atoms with E-state index in [1.807, 2.05) is 17.4 Å². The molecule has 3 aliphatic rings. The first-order chi connectivity index (χ1) is 8.26. The lowest BCUT2D eigenvalue weighted by molar-refractivity contribution is -0.120. The second kappa shape index (κ2) is 3.02. The van der Waals surface area contributed by atoms with Crippen molar-refractivity contribution in [1.82, 2.24) is 9.97 Å². The van der Waals surface area contributed by atoms with Gasteiger partial charge in [0.1, 0.15) is 5.82 Å². The Labute approximate surface area is 104 Å². The van der Waals surface area contributed by atoms with Gasteiger partial charge in [0.15, 0.2) is 5.16 Å². The van der Waals surface area contributed by atoms with Gasteiger partial charge in [-0.2, -0.15) is 0 Å². The average Bonchev–Trinajstić information content (AvgIpc) is 3.22. The lowest BCUT2D eigenvalue weighted by Crippen LogP contribution is -2.34. The summed E-state index contributed by atoms with van der Waals surface area (Å²) < 4.78 is 0. The molecule has 1 aliphatic heterocycles. The molecule has 0 saturated heterocycles. The van der Waals surface area contributed by atoms with Crippen LogP contribution >= 0.6 is 11.8 Å². The fourth-order valence-electron chi connectivity index (χ4n) is 2.70. The summed E-state index contributed by atoms with van der Waals surface area (Å²) in [6.45, 7) is 0. The van der Waals surface area contributed by atoms with E-state index in [-0.39, 0.29) is 11.3 Å². The number of amides is 1. The number of hydrogen-bond donors (Lipinski definition) is 0. The standard InChI is InChI=1S/C12H13N3OS/c1-17-11-13-6-8-9(14-11)15(7-2-3-7)10(16)12(8)4-5-12/h6-7H,2-5H2,1H3. The SMILES string of the molecule is CSc1ncc2c(n1)N(C1CC1)C(=O)C21CC1. The largest absolute Gasteiger partial charge is 0.293 e. The summed E-state index contributed by atoms with van der Waals surface area (Å²) in [4.78, 5) is 23.3. The molecule has 1 aromatic rings. The molecule has 0 radical (unpaired) electrons. The summed E-state index contributed by atoms with van der Waals surface area (Å²) in [5.41, 5.74) is 0.849. The summed E-state index contributed by atoms with van der Waals surface area (Å²) in [7, 11) is 0. The van der Waals surface area contributed by atoms with Crippen LogP contribution in [-0.2, 0) is 10.2 Å². The molecule has 1 aromatic heterocycles. The van der Waals surface area contributed by atoms with Crippen molar-refractivity contribution in [3.05, 3.63) is 11.8 Å². The van der Waals surface area contributed by atoms with Crippen molar-refractivity contribution in [2.75, 3.05) is 11.2 Å². The Morgan fingerprint density at radius 1 is 1.47 bits per heavy atom. The highest BCUT2D eigenvalue weighted by Crippen LogP contribution is 2.58. The molecule has 1 spiro atoms. The van der Waals surface area contributed by atoms with Crippen LogP contribution in [0, 0.1) is 0 Å². The van der Waals surface area contributed by atoms with Crippen molar-refractivity contribution in [2.24, 2.45) is 0 Å². The molecule has 4 nitrogen and oxygen atoms in total. The van der Waals surface area contributed by atoms with E-state index >= 15 is 0 Å². The second-order valence-corrected chi connectivity index (χ2v) is 5.86. The van der Waals surface area contributed by atoms with Gasteiger partial charge >= 0.3 is 0 Å². The third-order valence-corrected chi connectivity index (χ3v) is 4.52. The van der Waals surface area contributed by atoms with Gasteiger partial charge in [0.05, 0.1) is 5.41 Å². The molecular formula is C12H13N3OS. The Balaban J connectivity index is 1.89. The zero-order valence-electron chi connectivity index (χ0n) is 9.64. The van der Waals surface area contributed by atoms with Gasteiger partial charge in [-0.1, -0.05) is 11.8 Å². The topological polar surface area (TPSA) is 46.1 Å². The highest BCUT2D eigenvalue weighted by molar-refractivity contribution is 7.98. The van der Waals surface area contributed by atoms with E-state index in [1.165, 1.54) is 11.8 Å². The molecule has 2 heterocycles. The number of anilines is 1. The van der Waals surface area contributed by atoms with E-state index < -0.39 is 0 Å². The van der Waals surface area contributed by atoms with Crippen LogP contribution in [0.2, 0.25) is 0 Å². The third-order valence-electron chi connectivity index (χ3n) is 3.96. The van der Waals surface area contributed by atoms with Crippen molar-refractivity contribution in [2.45, 2.75) is 42.3 Å². The van der Waals surface area contributed by atoms with Crippen molar-refractivity contribution in [1.29, 1.82) is 0 Å². The summed E-state index contributed by atoms with van der Waals surface area (Å²) in [6, 6.07) is 0.408. The molecule has 1 amide bonds. The third kappa shape index (κ3) is 1.18. The van der Waals surface area contributed by atoms with Crippen molar-refractivity contribution in [3.63, 3.8) is 0 Å². The molecule has 17 heavy (non-hydrogen) atoms. The van der Waals surface area contributed by atoms with Gasteiger partial charge in [-0.25, -0.2) is 9.97 Å². The number of carbonyl (C=O) groups excluding carboxylic acids is 1. The maximum atomic E-state index is 12.5. The fourth-order valence-corrected chi connectivity index (χ4v) is 3.03. The van der Waals surface area contributed by atoms with Gasteiger partial charge in [-0.05, 0) is 31.9 Å². The molecule has 0 N–H and O–H groups in total. The van der Waals surface area contributed by atoms with Crippen LogP contribution in [0.15, 0.2) is 11.4 Å². The van der Waals surface area contributed by atoms with E-state index in [0.29, 0.717) is 6.04 Å². The Hall–Kier alpha value is -1.10. The number of nitrogens with zero attached hydrogens (tertiary/aromatic N) is 3. The number of rotatable bonds is 2. The zero-order chi connectivity index (χ0) is 11.6. The van der Waals surface area contributed by atoms with E-state index in [4.69, 9.17) is 0 Å². The Bertz CT molecular complexity index is 522. The van der Waals surface area contributed by atoms with Gasteiger partial charge in [0, 0.05) is 17.8 Å². The van der Waals surface area contributed by atoms with Crippen molar-refractivity contribution < 1.29 is 4.79 Å². The van der Waals surface area contributed by atoms with Gasteiger partial charge in [0.25, 0.3) is 0 Å². The molecule has 88 valence electrons. The Morgan fingerprint density at radius 2 is 2.24 bits per heavy atom. The van der Waals surface area contributed by atoms with Gasteiger partial charge < -0.3 is 0 Å². The van der Waals surface area contributed by atoms with Crippen LogP contribution < -0.4 is 4.90 Å². The fraction of sp³-hybridized carbons (Fsp3) is 0.583. The first kappa shape index (κ1) is 9.88. The van der Waals surface area contributed by atoms with Gasteiger partial charge in [-0.3, -0.25) is 9.69 Å². The van der Waals surface area contributed by atoms with Crippen LogP contribution in [0.25, 0.3) is 0 Å². The first-order valence-electron chi connectivity index (χ1n) is 6.01. The molecule has 0 atom stereocenters. The zero-order valence-corrected chi connectivity index (χ0v) is 10.5. The maximum Gasteiger partial charge on any atom is 0.239 e. The Morgan fingerprint density at radius 3 is 2.82 bits per heavy atom. The number of thioether (sulfide) groups is 1. The average molecular weight is 247 g/mol. The minimum absolute atomic E-state index is 0.227. The molecule has 0 aromatic carbocycles. The number of aromatic nitrogens is 2. The molecule has 4 rings (SSSR count). The number of carbonyl (C=O) groups is 1. The second-order valence-electron chi connectivity index (χ2n) is 5.08. The minimum Gasteiger partial charge on any atom is -0.293 e. The minimum atomic E-state index is -0.227. The van der Waals surface area contributed by atoms with E-state index in [2.05, 4.69) is 9.97 Å². The molecule has 2 saturated carbocycles. The first-order valence-corrected chi connectivity index (χ1v) is 7.24. The van der Waals surface area contributed by atoms with Gasteiger partial charge in [0.2, 0.25) is 5.91 Å². The molecular weight excluding hydrogens is 234 g/mol. The molecule has 2 aliphatic carbocycles. The quantitative estimate of drug-likeness (QED) is 0.590. The van der Waals surface area contributed by atoms with Crippen LogP contribution in [0.3, 0.4) is 0 Å². The van der Waals surface area contributed by atoms with Crippen LogP contribution in [0.5, 0.6) is 0 Å². The lowest BCUT2D eigenvalue weighted by atomic mass is 10.0. The summed E-state index contributed by atoms with van der Waals surface area (Å²) in [5, 5.41) is 0.764. The smallest absolute Gasteiger partial charge is 0.239 e. The summed E-state index contributed by atoms with van der Waals surface area (Å²) in [5.74, 6) is 1.18. The molecule has 5 heteroatoms. The molecule has 0 unspecified atom stereocenters. The van der Waals surface area contributed by atoms with E-state index in [9.17, 15) is 4.79 Å². The predicted molar refractivity (Wildman–Crippen MR) is 65.2 cm³/mol. The lowest BCUT2D eigenvalue weighted by Gasteiger charge is -2.15. The van der Waals surface area contributed by atoms with Crippen LogP contribution in [-0.4, -0.2) is 28.2 Å². The number of fused-ring (bicyclic) bond motifs is 2. The Kier molecular flexibility index (Phi) is 1.75. The maximum absolute atomic E-state index is 12.5. The summed E-state index contributed by atoms with van der Waals surface area (Å²) >= 11 is 1.53. The normalized spacial score (nSPS) is 24.3. The van der Waals surface area contributed by atoms with E-state index in [1.54, 1.807) is 0 Å². The van der Waals surface area contributed by atoms with Gasteiger partial charge in [-0.15, -0.1) is 0 Å². The molecule has 0 bridgehead atoms. The van der Waals surface area contributed by atoms with Crippen molar-refractivity contribution in [3.8, 4) is 0 Å². The van der Waals surface area contributed by atoms with Crippen molar-refractivity contribution >= 4 is 23.5 Å². The van der Waals surface area contributed by atoms with Crippen LogP contribution in [0.1, 0.15) is 31.2 Å². The van der Waals surface area contributed by atoms with Crippen LogP contribution in [0.4, 0.5) is 5.82 Å².